The number of nitrogens with one attached hydrogen (secondary N) is 1. The fourth-order valence-corrected chi connectivity index (χ4v) is 1.59. The van der Waals surface area contributed by atoms with Gasteiger partial charge in [0.1, 0.15) is 0 Å². The third-order valence-electron chi connectivity index (χ3n) is 2.87. The van der Waals surface area contributed by atoms with E-state index in [4.69, 9.17) is 5.26 Å². The van der Waals surface area contributed by atoms with Crippen molar-refractivity contribution in [2.24, 2.45) is 5.41 Å². The summed E-state index contributed by atoms with van der Waals surface area (Å²) < 4.78 is 0. The van der Waals surface area contributed by atoms with Crippen LogP contribution in [0.15, 0.2) is 24.5 Å². The lowest BCUT2D eigenvalue weighted by Crippen LogP contribution is -2.25. The third kappa shape index (κ3) is 2.77. The number of aromatic nitrogens is 1. The lowest BCUT2D eigenvalue weighted by atomic mass is 10.1. The quantitative estimate of drug-likeness (QED) is 0.735. The maximum Gasteiger partial charge on any atom is 0.0703 e. The normalized spacial score (nSPS) is 17.0. The smallest absolute Gasteiger partial charge is 0.0703 e. The van der Waals surface area contributed by atoms with Gasteiger partial charge in [-0.05, 0) is 37.4 Å². The Balaban J connectivity index is 1.66. The number of rotatable bonds is 5. The SMILES string of the molecule is N#CC1(CNCCc2cccnc2)CC1. The Morgan fingerprint density at radius 1 is 1.53 bits per heavy atom. The van der Waals surface area contributed by atoms with Crippen molar-refractivity contribution >= 4 is 0 Å². The molecule has 1 heterocycles. The van der Waals surface area contributed by atoms with Crippen LogP contribution < -0.4 is 5.32 Å². The molecule has 0 radical (unpaired) electrons. The number of nitrogens with zero attached hydrogens (tertiary/aromatic N) is 2. The maximum atomic E-state index is 8.87. The molecule has 0 aliphatic heterocycles. The second kappa shape index (κ2) is 4.41. The largest absolute Gasteiger partial charge is 0.315 e. The van der Waals surface area contributed by atoms with E-state index in [1.54, 1.807) is 6.20 Å². The Labute approximate surface area is 90.1 Å². The van der Waals surface area contributed by atoms with Crippen LogP contribution in [0.25, 0.3) is 0 Å². The number of hydrogen-bond acceptors (Lipinski definition) is 3. The number of hydrogen-bond donors (Lipinski definition) is 1. The zero-order chi connectivity index (χ0) is 10.6. The van der Waals surface area contributed by atoms with Crippen molar-refractivity contribution < 1.29 is 0 Å². The fraction of sp³-hybridized carbons (Fsp3) is 0.500. The minimum absolute atomic E-state index is 0.0328. The second-order valence-electron chi connectivity index (χ2n) is 4.18. The highest BCUT2D eigenvalue weighted by Crippen LogP contribution is 2.43. The standard InChI is InChI=1S/C12H15N3/c13-9-12(4-5-12)10-15-7-3-11-2-1-6-14-8-11/h1-2,6,8,15H,3-5,7,10H2. The van der Waals surface area contributed by atoms with Gasteiger partial charge in [-0.3, -0.25) is 4.98 Å². The van der Waals surface area contributed by atoms with E-state index in [0.717, 1.165) is 32.4 Å². The summed E-state index contributed by atoms with van der Waals surface area (Å²) in [5.74, 6) is 0. The topological polar surface area (TPSA) is 48.7 Å². The van der Waals surface area contributed by atoms with Crippen molar-refractivity contribution in [2.75, 3.05) is 13.1 Å². The van der Waals surface area contributed by atoms with Crippen molar-refractivity contribution in [2.45, 2.75) is 19.3 Å². The first-order valence-corrected chi connectivity index (χ1v) is 5.36. The van der Waals surface area contributed by atoms with E-state index in [1.807, 2.05) is 12.3 Å². The first-order valence-electron chi connectivity index (χ1n) is 5.36. The average Bonchev–Trinajstić information content (AvgIpc) is 3.07. The van der Waals surface area contributed by atoms with Gasteiger partial charge in [0.2, 0.25) is 0 Å². The van der Waals surface area contributed by atoms with Gasteiger partial charge in [0.15, 0.2) is 0 Å². The Kier molecular flexibility index (Phi) is 2.98. The van der Waals surface area contributed by atoms with Crippen LogP contribution in [0, 0.1) is 16.7 Å². The summed E-state index contributed by atoms with van der Waals surface area (Å²) in [5.41, 5.74) is 1.21. The molecule has 78 valence electrons. The van der Waals surface area contributed by atoms with Crippen LogP contribution in [-0.4, -0.2) is 18.1 Å². The van der Waals surface area contributed by atoms with E-state index in [0.29, 0.717) is 0 Å². The second-order valence-corrected chi connectivity index (χ2v) is 4.18. The van der Waals surface area contributed by atoms with Gasteiger partial charge < -0.3 is 5.32 Å². The molecule has 0 atom stereocenters. The molecule has 1 saturated carbocycles. The minimum atomic E-state index is -0.0328. The maximum absolute atomic E-state index is 8.87. The summed E-state index contributed by atoms with van der Waals surface area (Å²) in [6, 6.07) is 6.40. The van der Waals surface area contributed by atoms with Gasteiger partial charge in [-0.2, -0.15) is 5.26 Å². The molecule has 0 bridgehead atoms. The summed E-state index contributed by atoms with van der Waals surface area (Å²) in [7, 11) is 0. The molecule has 0 aromatic carbocycles. The van der Waals surface area contributed by atoms with E-state index < -0.39 is 0 Å². The molecule has 3 heteroatoms. The highest BCUT2D eigenvalue weighted by atomic mass is 14.9. The van der Waals surface area contributed by atoms with E-state index in [9.17, 15) is 0 Å². The van der Waals surface area contributed by atoms with Crippen LogP contribution in [0.2, 0.25) is 0 Å². The van der Waals surface area contributed by atoms with Crippen molar-refractivity contribution in [1.29, 1.82) is 5.26 Å². The zero-order valence-corrected chi connectivity index (χ0v) is 8.74. The molecule has 2 rings (SSSR count). The van der Waals surface area contributed by atoms with Gasteiger partial charge >= 0.3 is 0 Å². The van der Waals surface area contributed by atoms with Crippen LogP contribution in [0.5, 0.6) is 0 Å². The molecule has 0 spiro atoms. The molecule has 0 saturated heterocycles. The lowest BCUT2D eigenvalue weighted by molar-refractivity contribution is 0.560. The molecule has 15 heavy (non-hydrogen) atoms. The van der Waals surface area contributed by atoms with E-state index in [1.165, 1.54) is 5.56 Å². The Bertz CT molecular complexity index is 349. The van der Waals surface area contributed by atoms with Gasteiger partial charge in [-0.25, -0.2) is 0 Å². The molecule has 1 N–H and O–H groups in total. The molecular formula is C12H15N3. The summed E-state index contributed by atoms with van der Waals surface area (Å²) in [6.45, 7) is 1.76. The van der Waals surface area contributed by atoms with Crippen LogP contribution in [0.1, 0.15) is 18.4 Å². The predicted octanol–water partition coefficient (Wildman–Crippen LogP) is 1.52. The van der Waals surface area contributed by atoms with Crippen LogP contribution in [0.3, 0.4) is 0 Å². The predicted molar refractivity (Wildman–Crippen MR) is 58.1 cm³/mol. The highest BCUT2D eigenvalue weighted by Gasteiger charge is 2.42. The number of pyridine rings is 1. The summed E-state index contributed by atoms with van der Waals surface area (Å²) >= 11 is 0. The zero-order valence-electron chi connectivity index (χ0n) is 8.74. The molecule has 1 fully saturated rings. The molecule has 0 unspecified atom stereocenters. The molecule has 1 aromatic rings. The molecule has 3 nitrogen and oxygen atoms in total. The molecule has 1 aliphatic carbocycles. The first kappa shape index (κ1) is 10.1. The Hall–Kier alpha value is -1.40. The minimum Gasteiger partial charge on any atom is -0.315 e. The highest BCUT2D eigenvalue weighted by molar-refractivity contribution is 5.12. The monoisotopic (exact) mass is 201 g/mol. The van der Waals surface area contributed by atoms with Crippen molar-refractivity contribution in [1.82, 2.24) is 10.3 Å². The molecule has 1 aromatic heterocycles. The Morgan fingerprint density at radius 2 is 2.40 bits per heavy atom. The number of nitriles is 1. The van der Waals surface area contributed by atoms with Crippen molar-refractivity contribution in [3.63, 3.8) is 0 Å². The summed E-state index contributed by atoms with van der Waals surface area (Å²) in [4.78, 5) is 4.06. The molecular weight excluding hydrogens is 186 g/mol. The van der Waals surface area contributed by atoms with E-state index in [-0.39, 0.29) is 5.41 Å². The Morgan fingerprint density at radius 3 is 3.00 bits per heavy atom. The van der Waals surface area contributed by atoms with Gasteiger partial charge in [-0.15, -0.1) is 0 Å². The molecule has 0 amide bonds. The lowest BCUT2D eigenvalue weighted by Gasteiger charge is -2.07. The average molecular weight is 201 g/mol. The fourth-order valence-electron chi connectivity index (χ4n) is 1.59. The van der Waals surface area contributed by atoms with Crippen LogP contribution in [0.4, 0.5) is 0 Å². The van der Waals surface area contributed by atoms with Gasteiger partial charge in [-0.1, -0.05) is 6.07 Å². The summed E-state index contributed by atoms with van der Waals surface area (Å²) in [6.07, 6.45) is 6.77. The van der Waals surface area contributed by atoms with Gasteiger partial charge in [0.05, 0.1) is 11.5 Å². The van der Waals surface area contributed by atoms with Crippen molar-refractivity contribution in [3.05, 3.63) is 30.1 Å². The van der Waals surface area contributed by atoms with E-state index >= 15 is 0 Å². The first-order chi connectivity index (χ1) is 7.35. The van der Waals surface area contributed by atoms with Crippen LogP contribution in [-0.2, 0) is 6.42 Å². The van der Waals surface area contributed by atoms with Crippen molar-refractivity contribution in [3.8, 4) is 6.07 Å². The summed E-state index contributed by atoms with van der Waals surface area (Å²) in [5, 5.41) is 12.2. The van der Waals surface area contributed by atoms with E-state index in [2.05, 4.69) is 22.4 Å². The van der Waals surface area contributed by atoms with Gasteiger partial charge in [0.25, 0.3) is 0 Å². The molecule has 1 aliphatic rings. The third-order valence-corrected chi connectivity index (χ3v) is 2.87. The van der Waals surface area contributed by atoms with Gasteiger partial charge in [0, 0.05) is 18.9 Å². The van der Waals surface area contributed by atoms with Crippen LogP contribution >= 0.6 is 0 Å².